The number of rotatable bonds is 3. The second kappa shape index (κ2) is 4.20. The number of aliphatic hydroxyl groups excluding tert-OH is 1. The minimum Gasteiger partial charge on any atom is -0.394 e. The number of hydrogen-bond acceptors (Lipinski definition) is 3. The zero-order valence-corrected chi connectivity index (χ0v) is 9.35. The molecule has 3 nitrogen and oxygen atoms in total. The molecule has 0 amide bonds. The largest absolute Gasteiger partial charge is 0.394 e. The van der Waals surface area contributed by atoms with Gasteiger partial charge in [-0.05, 0) is 30.4 Å². The first-order valence-corrected chi connectivity index (χ1v) is 5.34. The fraction of sp³-hybridized carbons (Fsp3) is 0.308. The van der Waals surface area contributed by atoms with Crippen LogP contribution in [0.3, 0.4) is 0 Å². The molecule has 0 aliphatic rings. The van der Waals surface area contributed by atoms with Crippen LogP contribution in [0.5, 0.6) is 0 Å². The third kappa shape index (κ3) is 2.21. The molecule has 84 valence electrons. The summed E-state index contributed by atoms with van der Waals surface area (Å²) in [5.74, 6) is 0. The van der Waals surface area contributed by atoms with Crippen molar-refractivity contribution in [3.8, 4) is 0 Å². The Morgan fingerprint density at radius 1 is 1.38 bits per heavy atom. The standard InChI is InChI=1S/C13H16N2O/c1-13(14,9-16)7-10-3-2-4-11-8-15-6-5-12(10)11/h2-6,8,16H,7,9,14H2,1H3. The summed E-state index contributed by atoms with van der Waals surface area (Å²) in [5, 5.41) is 11.5. The quantitative estimate of drug-likeness (QED) is 0.817. The van der Waals surface area contributed by atoms with Crippen molar-refractivity contribution in [1.82, 2.24) is 4.98 Å². The van der Waals surface area contributed by atoms with Gasteiger partial charge in [0.15, 0.2) is 0 Å². The Hall–Kier alpha value is -1.45. The molecule has 0 bridgehead atoms. The highest BCUT2D eigenvalue weighted by atomic mass is 16.3. The maximum absolute atomic E-state index is 9.19. The van der Waals surface area contributed by atoms with Crippen LogP contribution in [0, 0.1) is 0 Å². The second-order valence-electron chi connectivity index (χ2n) is 4.50. The zero-order valence-electron chi connectivity index (χ0n) is 9.35. The van der Waals surface area contributed by atoms with E-state index in [0.29, 0.717) is 6.42 Å². The van der Waals surface area contributed by atoms with E-state index in [1.54, 1.807) is 6.20 Å². The summed E-state index contributed by atoms with van der Waals surface area (Å²) in [4.78, 5) is 4.09. The number of pyridine rings is 1. The van der Waals surface area contributed by atoms with Crippen molar-refractivity contribution in [3.05, 3.63) is 42.2 Å². The van der Waals surface area contributed by atoms with Crippen molar-refractivity contribution in [2.24, 2.45) is 5.73 Å². The maximum Gasteiger partial charge on any atom is 0.0611 e. The fourth-order valence-corrected chi connectivity index (χ4v) is 1.83. The molecule has 0 radical (unpaired) electrons. The Morgan fingerprint density at radius 2 is 2.19 bits per heavy atom. The van der Waals surface area contributed by atoms with E-state index >= 15 is 0 Å². The number of nitrogens with zero attached hydrogens (tertiary/aromatic N) is 1. The molecule has 1 atom stereocenters. The lowest BCUT2D eigenvalue weighted by atomic mass is 9.92. The van der Waals surface area contributed by atoms with Crippen molar-refractivity contribution in [1.29, 1.82) is 0 Å². The summed E-state index contributed by atoms with van der Waals surface area (Å²) < 4.78 is 0. The first-order valence-electron chi connectivity index (χ1n) is 5.34. The minimum atomic E-state index is -0.572. The van der Waals surface area contributed by atoms with Crippen LogP contribution in [-0.2, 0) is 6.42 Å². The summed E-state index contributed by atoms with van der Waals surface area (Å²) in [6, 6.07) is 8.05. The van der Waals surface area contributed by atoms with Gasteiger partial charge in [-0.3, -0.25) is 4.98 Å². The summed E-state index contributed by atoms with van der Waals surface area (Å²) in [7, 11) is 0. The van der Waals surface area contributed by atoms with Gasteiger partial charge in [0, 0.05) is 23.3 Å². The van der Waals surface area contributed by atoms with Gasteiger partial charge >= 0.3 is 0 Å². The molecule has 1 heterocycles. The molecule has 0 saturated heterocycles. The van der Waals surface area contributed by atoms with Gasteiger partial charge in [-0.2, -0.15) is 0 Å². The van der Waals surface area contributed by atoms with Crippen molar-refractivity contribution in [2.45, 2.75) is 18.9 Å². The normalized spacial score (nSPS) is 14.9. The average Bonchev–Trinajstić information content (AvgIpc) is 2.29. The van der Waals surface area contributed by atoms with Crippen molar-refractivity contribution in [2.75, 3.05) is 6.61 Å². The molecular formula is C13H16N2O. The van der Waals surface area contributed by atoms with E-state index in [2.05, 4.69) is 4.98 Å². The molecule has 2 rings (SSSR count). The molecule has 0 aliphatic carbocycles. The Labute approximate surface area is 94.9 Å². The molecule has 0 aliphatic heterocycles. The predicted molar refractivity (Wildman–Crippen MR) is 65.1 cm³/mol. The lowest BCUT2D eigenvalue weighted by Crippen LogP contribution is -2.42. The molecule has 3 N–H and O–H groups in total. The number of fused-ring (bicyclic) bond motifs is 1. The highest BCUT2D eigenvalue weighted by Crippen LogP contribution is 2.20. The SMILES string of the molecule is CC(N)(CO)Cc1cccc2cnccc12. The van der Waals surface area contributed by atoms with E-state index in [-0.39, 0.29) is 6.61 Å². The van der Waals surface area contributed by atoms with Gasteiger partial charge in [0.1, 0.15) is 0 Å². The fourth-order valence-electron chi connectivity index (χ4n) is 1.83. The van der Waals surface area contributed by atoms with Crippen molar-refractivity contribution >= 4 is 10.8 Å². The van der Waals surface area contributed by atoms with Gasteiger partial charge in [0.05, 0.1) is 6.61 Å². The van der Waals surface area contributed by atoms with Crippen molar-refractivity contribution in [3.63, 3.8) is 0 Å². The Kier molecular flexibility index (Phi) is 2.90. The van der Waals surface area contributed by atoms with E-state index in [0.717, 1.165) is 16.3 Å². The van der Waals surface area contributed by atoms with Crippen LogP contribution in [0.2, 0.25) is 0 Å². The van der Waals surface area contributed by atoms with Gasteiger partial charge in [0.2, 0.25) is 0 Å². The smallest absolute Gasteiger partial charge is 0.0611 e. The van der Waals surface area contributed by atoms with Gasteiger partial charge in [-0.25, -0.2) is 0 Å². The van der Waals surface area contributed by atoms with E-state index < -0.39 is 5.54 Å². The van der Waals surface area contributed by atoms with Crippen LogP contribution in [0.1, 0.15) is 12.5 Å². The first kappa shape index (κ1) is 11.0. The van der Waals surface area contributed by atoms with E-state index in [1.165, 1.54) is 0 Å². The lowest BCUT2D eigenvalue weighted by Gasteiger charge is -2.22. The predicted octanol–water partition coefficient (Wildman–Crippen LogP) is 1.49. The Bertz CT molecular complexity index is 489. The van der Waals surface area contributed by atoms with Crippen molar-refractivity contribution < 1.29 is 5.11 Å². The van der Waals surface area contributed by atoms with Gasteiger partial charge in [-0.1, -0.05) is 18.2 Å². The number of aromatic nitrogens is 1. The maximum atomic E-state index is 9.19. The molecule has 1 aromatic carbocycles. The monoisotopic (exact) mass is 216 g/mol. The highest BCUT2D eigenvalue weighted by molar-refractivity contribution is 5.84. The summed E-state index contributed by atoms with van der Waals surface area (Å²) >= 11 is 0. The van der Waals surface area contributed by atoms with Gasteiger partial charge in [-0.15, -0.1) is 0 Å². The lowest BCUT2D eigenvalue weighted by molar-refractivity contribution is 0.208. The number of benzene rings is 1. The van der Waals surface area contributed by atoms with E-state index in [1.807, 2.05) is 37.4 Å². The molecule has 1 unspecified atom stereocenters. The summed E-state index contributed by atoms with van der Waals surface area (Å²) in [5.41, 5.74) is 6.55. The van der Waals surface area contributed by atoms with Crippen LogP contribution in [0.25, 0.3) is 10.8 Å². The molecule has 16 heavy (non-hydrogen) atoms. The molecule has 0 saturated carbocycles. The van der Waals surface area contributed by atoms with Crippen LogP contribution in [0.4, 0.5) is 0 Å². The van der Waals surface area contributed by atoms with Crippen LogP contribution in [-0.4, -0.2) is 22.2 Å². The zero-order chi connectivity index (χ0) is 11.6. The third-order valence-corrected chi connectivity index (χ3v) is 2.73. The minimum absolute atomic E-state index is 0.0194. The molecule has 1 aromatic heterocycles. The number of hydrogen-bond donors (Lipinski definition) is 2. The van der Waals surface area contributed by atoms with Crippen LogP contribution < -0.4 is 5.73 Å². The van der Waals surface area contributed by atoms with Crippen LogP contribution in [0.15, 0.2) is 36.7 Å². The molecular weight excluding hydrogens is 200 g/mol. The Morgan fingerprint density at radius 3 is 2.94 bits per heavy atom. The molecule has 0 spiro atoms. The highest BCUT2D eigenvalue weighted by Gasteiger charge is 2.18. The summed E-state index contributed by atoms with van der Waals surface area (Å²) in [6.45, 7) is 1.83. The van der Waals surface area contributed by atoms with Crippen LogP contribution >= 0.6 is 0 Å². The summed E-state index contributed by atoms with van der Waals surface area (Å²) in [6.07, 6.45) is 4.27. The van der Waals surface area contributed by atoms with Gasteiger partial charge < -0.3 is 10.8 Å². The topological polar surface area (TPSA) is 59.1 Å². The Balaban J connectivity index is 2.45. The third-order valence-electron chi connectivity index (χ3n) is 2.73. The molecule has 2 aromatic rings. The van der Waals surface area contributed by atoms with E-state index in [4.69, 9.17) is 5.73 Å². The second-order valence-corrected chi connectivity index (χ2v) is 4.50. The van der Waals surface area contributed by atoms with E-state index in [9.17, 15) is 5.11 Å². The average molecular weight is 216 g/mol. The molecule has 0 fully saturated rings. The number of aliphatic hydroxyl groups is 1. The molecule has 3 heteroatoms. The number of nitrogens with two attached hydrogens (primary N) is 1. The van der Waals surface area contributed by atoms with Gasteiger partial charge in [0.25, 0.3) is 0 Å². The first-order chi connectivity index (χ1) is 7.62.